The van der Waals surface area contributed by atoms with E-state index >= 15 is 0 Å². The van der Waals surface area contributed by atoms with Crippen molar-refractivity contribution in [2.45, 2.75) is 19.5 Å². The van der Waals surface area contributed by atoms with Gasteiger partial charge in [0.2, 0.25) is 0 Å². The molecule has 18 heavy (non-hydrogen) atoms. The topological polar surface area (TPSA) is 71.1 Å². The van der Waals surface area contributed by atoms with Crippen molar-refractivity contribution in [2.75, 3.05) is 14.2 Å². The molecule has 100 valence electrons. The zero-order valence-electron chi connectivity index (χ0n) is 10.7. The molecule has 0 aromatic heterocycles. The van der Waals surface area contributed by atoms with E-state index in [-0.39, 0.29) is 11.9 Å². The number of amidine groups is 1. The normalized spacial score (nSPS) is 13.7. The Morgan fingerprint density at radius 2 is 2.28 bits per heavy atom. The number of ether oxygens (including phenoxy) is 1. The highest BCUT2D eigenvalue weighted by Gasteiger charge is 2.16. The molecule has 6 heteroatoms. The lowest BCUT2D eigenvalue weighted by Crippen LogP contribution is -2.40. The Morgan fingerprint density at radius 3 is 2.83 bits per heavy atom. The van der Waals surface area contributed by atoms with Crippen molar-refractivity contribution in [1.29, 1.82) is 0 Å². The highest BCUT2D eigenvalue weighted by Crippen LogP contribution is 2.24. The van der Waals surface area contributed by atoms with E-state index in [1.165, 1.54) is 0 Å². The van der Waals surface area contributed by atoms with Crippen LogP contribution in [0.3, 0.4) is 0 Å². The first-order valence-electron chi connectivity index (χ1n) is 5.49. The number of hydrogen-bond donors (Lipinski definition) is 2. The van der Waals surface area contributed by atoms with Crippen LogP contribution in [-0.2, 0) is 6.54 Å². The molecule has 0 aliphatic carbocycles. The molecule has 3 N–H and O–H groups in total. The molecule has 1 aromatic carbocycles. The molecular formula is C12H18ClN3O2. The van der Waals surface area contributed by atoms with Gasteiger partial charge < -0.3 is 15.7 Å². The molecule has 1 unspecified atom stereocenters. The first kappa shape index (κ1) is 14.6. The second kappa shape index (κ2) is 6.47. The van der Waals surface area contributed by atoms with Crippen LogP contribution in [0.1, 0.15) is 12.5 Å². The Balaban J connectivity index is 2.87. The Bertz CT molecular complexity index is 437. The number of methoxy groups -OCH3 is 1. The van der Waals surface area contributed by atoms with Crippen LogP contribution in [-0.4, -0.2) is 36.1 Å². The lowest BCUT2D eigenvalue weighted by Gasteiger charge is -2.24. The van der Waals surface area contributed by atoms with E-state index in [1.54, 1.807) is 13.2 Å². The van der Waals surface area contributed by atoms with Gasteiger partial charge in [0.15, 0.2) is 5.84 Å². The number of hydrogen-bond acceptors (Lipinski definition) is 4. The van der Waals surface area contributed by atoms with Gasteiger partial charge in [-0.2, -0.15) is 0 Å². The van der Waals surface area contributed by atoms with Crippen LogP contribution in [0.4, 0.5) is 0 Å². The van der Waals surface area contributed by atoms with Crippen LogP contribution in [0, 0.1) is 0 Å². The lowest BCUT2D eigenvalue weighted by molar-refractivity contribution is 0.275. The van der Waals surface area contributed by atoms with Gasteiger partial charge in [0.1, 0.15) is 5.75 Å². The molecule has 0 radical (unpaired) electrons. The average molecular weight is 272 g/mol. The molecule has 0 heterocycles. The molecule has 1 atom stereocenters. The Labute approximate surface area is 112 Å². The van der Waals surface area contributed by atoms with E-state index in [2.05, 4.69) is 5.16 Å². The maximum absolute atomic E-state index is 8.66. The van der Waals surface area contributed by atoms with Gasteiger partial charge in [-0.15, -0.1) is 0 Å². The first-order chi connectivity index (χ1) is 8.49. The lowest BCUT2D eigenvalue weighted by atomic mass is 10.1. The van der Waals surface area contributed by atoms with E-state index < -0.39 is 0 Å². The molecule has 0 saturated heterocycles. The third kappa shape index (κ3) is 3.51. The molecule has 0 fully saturated rings. The molecule has 0 saturated carbocycles. The van der Waals surface area contributed by atoms with E-state index in [1.807, 2.05) is 31.0 Å². The van der Waals surface area contributed by atoms with Crippen LogP contribution >= 0.6 is 11.6 Å². The standard InChI is InChI=1S/C12H18ClN3O2/c1-8(12(14)15-17)16(2)7-9-6-10(13)4-5-11(9)18-3/h4-6,8,17H,7H2,1-3H3,(H2,14,15). The van der Waals surface area contributed by atoms with Crippen molar-refractivity contribution >= 4 is 17.4 Å². The van der Waals surface area contributed by atoms with E-state index in [9.17, 15) is 0 Å². The molecule has 0 bridgehead atoms. The van der Waals surface area contributed by atoms with E-state index in [0.717, 1.165) is 11.3 Å². The minimum Gasteiger partial charge on any atom is -0.496 e. The number of nitrogens with zero attached hydrogens (tertiary/aromatic N) is 2. The highest BCUT2D eigenvalue weighted by atomic mass is 35.5. The third-order valence-electron chi connectivity index (χ3n) is 2.87. The number of nitrogens with two attached hydrogens (primary N) is 1. The summed E-state index contributed by atoms with van der Waals surface area (Å²) >= 11 is 5.96. The fourth-order valence-electron chi connectivity index (χ4n) is 1.59. The Morgan fingerprint density at radius 1 is 1.61 bits per heavy atom. The summed E-state index contributed by atoms with van der Waals surface area (Å²) in [7, 11) is 3.49. The SMILES string of the molecule is COc1ccc(Cl)cc1CN(C)C(C)C(N)=NO. The Hall–Kier alpha value is -1.46. The quantitative estimate of drug-likeness (QED) is 0.371. The third-order valence-corrected chi connectivity index (χ3v) is 3.10. The maximum Gasteiger partial charge on any atom is 0.156 e. The first-order valence-corrected chi connectivity index (χ1v) is 5.87. The largest absolute Gasteiger partial charge is 0.496 e. The van der Waals surface area contributed by atoms with Gasteiger partial charge >= 0.3 is 0 Å². The summed E-state index contributed by atoms with van der Waals surface area (Å²) in [5.74, 6) is 0.927. The predicted octanol–water partition coefficient (Wildman–Crippen LogP) is 1.92. The zero-order valence-corrected chi connectivity index (χ0v) is 11.5. The molecule has 0 aliphatic rings. The van der Waals surface area contributed by atoms with Crippen molar-refractivity contribution < 1.29 is 9.94 Å². The van der Waals surface area contributed by atoms with Crippen molar-refractivity contribution in [3.63, 3.8) is 0 Å². The summed E-state index contributed by atoms with van der Waals surface area (Å²) in [5.41, 5.74) is 6.52. The number of oxime groups is 1. The second-order valence-electron chi connectivity index (χ2n) is 4.07. The van der Waals surface area contributed by atoms with Gasteiger partial charge in [-0.05, 0) is 32.2 Å². The monoisotopic (exact) mass is 271 g/mol. The van der Waals surface area contributed by atoms with Crippen LogP contribution in [0.2, 0.25) is 5.02 Å². The van der Waals surface area contributed by atoms with E-state index in [4.69, 9.17) is 27.3 Å². The van der Waals surface area contributed by atoms with Gasteiger partial charge in [0, 0.05) is 17.1 Å². The van der Waals surface area contributed by atoms with Gasteiger partial charge in [0.05, 0.1) is 13.2 Å². The minimum atomic E-state index is -0.182. The van der Waals surface area contributed by atoms with Crippen LogP contribution in [0.5, 0.6) is 5.75 Å². The number of halogens is 1. The summed E-state index contributed by atoms with van der Waals surface area (Å²) in [6.07, 6.45) is 0. The van der Waals surface area contributed by atoms with Gasteiger partial charge in [0.25, 0.3) is 0 Å². The fourth-order valence-corrected chi connectivity index (χ4v) is 1.78. The average Bonchev–Trinajstić information content (AvgIpc) is 2.37. The van der Waals surface area contributed by atoms with Crippen molar-refractivity contribution in [1.82, 2.24) is 4.90 Å². The summed E-state index contributed by atoms with van der Waals surface area (Å²) in [6, 6.07) is 5.26. The molecule has 0 amide bonds. The van der Waals surface area contributed by atoms with Crippen LogP contribution in [0.15, 0.2) is 23.4 Å². The van der Waals surface area contributed by atoms with Gasteiger partial charge in [-0.1, -0.05) is 16.8 Å². The van der Waals surface area contributed by atoms with Gasteiger partial charge in [-0.25, -0.2) is 0 Å². The minimum absolute atomic E-state index is 0.165. The highest BCUT2D eigenvalue weighted by molar-refractivity contribution is 6.30. The number of benzene rings is 1. The van der Waals surface area contributed by atoms with Crippen LogP contribution in [0.25, 0.3) is 0 Å². The molecule has 0 spiro atoms. The second-order valence-corrected chi connectivity index (χ2v) is 4.51. The summed E-state index contributed by atoms with van der Waals surface area (Å²) in [4.78, 5) is 1.93. The predicted molar refractivity (Wildman–Crippen MR) is 72.3 cm³/mol. The molecule has 1 rings (SSSR count). The molecule has 5 nitrogen and oxygen atoms in total. The summed E-state index contributed by atoms with van der Waals surface area (Å²) < 4.78 is 5.27. The zero-order chi connectivity index (χ0) is 13.7. The fraction of sp³-hybridized carbons (Fsp3) is 0.417. The van der Waals surface area contributed by atoms with Crippen molar-refractivity contribution in [3.05, 3.63) is 28.8 Å². The van der Waals surface area contributed by atoms with Crippen molar-refractivity contribution in [3.8, 4) is 5.75 Å². The number of rotatable bonds is 5. The number of likely N-dealkylation sites (N-methyl/N-ethyl adjacent to an activating group) is 1. The van der Waals surface area contributed by atoms with Crippen LogP contribution < -0.4 is 10.5 Å². The molecular weight excluding hydrogens is 254 g/mol. The maximum atomic E-state index is 8.66. The Kier molecular flexibility index (Phi) is 5.25. The van der Waals surface area contributed by atoms with Gasteiger partial charge in [-0.3, -0.25) is 4.90 Å². The molecule has 0 aliphatic heterocycles. The smallest absolute Gasteiger partial charge is 0.156 e. The summed E-state index contributed by atoms with van der Waals surface area (Å²) in [6.45, 7) is 2.44. The van der Waals surface area contributed by atoms with E-state index in [0.29, 0.717) is 11.6 Å². The summed E-state index contributed by atoms with van der Waals surface area (Å²) in [5, 5.41) is 12.3. The molecule has 1 aromatic rings. The van der Waals surface area contributed by atoms with Crippen molar-refractivity contribution in [2.24, 2.45) is 10.9 Å².